The van der Waals surface area contributed by atoms with Crippen molar-refractivity contribution in [2.75, 3.05) is 11.9 Å². The monoisotopic (exact) mass is 357 g/mol. The minimum Gasteiger partial charge on any atom is -0.494 e. The third-order valence-electron chi connectivity index (χ3n) is 4.49. The Labute approximate surface area is 150 Å². The van der Waals surface area contributed by atoms with Crippen molar-refractivity contribution >= 4 is 17.6 Å². The van der Waals surface area contributed by atoms with Gasteiger partial charge in [0, 0.05) is 17.7 Å². The summed E-state index contributed by atoms with van der Waals surface area (Å²) < 4.78 is 19.5. The van der Waals surface area contributed by atoms with Crippen molar-refractivity contribution in [3.8, 4) is 5.75 Å². The predicted octanol–water partition coefficient (Wildman–Crippen LogP) is 3.74. The van der Waals surface area contributed by atoms with E-state index in [1.165, 1.54) is 6.07 Å². The first-order chi connectivity index (χ1) is 12.5. The lowest BCUT2D eigenvalue weighted by atomic mass is 9.94. The van der Waals surface area contributed by atoms with Crippen LogP contribution in [0.5, 0.6) is 5.75 Å². The summed E-state index contributed by atoms with van der Waals surface area (Å²) in [6.07, 6.45) is 1.75. The van der Waals surface area contributed by atoms with Crippen LogP contribution in [0.25, 0.3) is 0 Å². The fourth-order valence-electron chi connectivity index (χ4n) is 2.89. The maximum atomic E-state index is 14.0. The second kappa shape index (κ2) is 7.56. The molecule has 0 aliphatic heterocycles. The van der Waals surface area contributed by atoms with E-state index < -0.39 is 11.4 Å². The molecule has 1 amide bonds. The van der Waals surface area contributed by atoms with Crippen molar-refractivity contribution < 1.29 is 23.8 Å². The first-order valence-corrected chi connectivity index (χ1v) is 8.52. The van der Waals surface area contributed by atoms with Gasteiger partial charge in [-0.2, -0.15) is 0 Å². The smallest absolute Gasteiger partial charge is 0.303 e. The average Bonchev–Trinajstić information content (AvgIpc) is 3.42. The van der Waals surface area contributed by atoms with Gasteiger partial charge in [0.25, 0.3) is 0 Å². The van der Waals surface area contributed by atoms with Crippen molar-refractivity contribution in [3.05, 3.63) is 59.9 Å². The van der Waals surface area contributed by atoms with Gasteiger partial charge in [0.2, 0.25) is 5.91 Å². The molecule has 2 aromatic rings. The highest BCUT2D eigenvalue weighted by molar-refractivity contribution is 6.01. The highest BCUT2D eigenvalue weighted by atomic mass is 19.1. The van der Waals surface area contributed by atoms with Crippen molar-refractivity contribution in [2.45, 2.75) is 31.1 Å². The lowest BCUT2D eigenvalue weighted by Gasteiger charge is -2.16. The van der Waals surface area contributed by atoms with Crippen LogP contribution in [0.1, 0.15) is 31.2 Å². The van der Waals surface area contributed by atoms with Gasteiger partial charge in [-0.1, -0.05) is 18.2 Å². The van der Waals surface area contributed by atoms with E-state index in [2.05, 4.69) is 5.32 Å². The summed E-state index contributed by atoms with van der Waals surface area (Å²) in [5.74, 6) is -0.817. The van der Waals surface area contributed by atoms with E-state index in [0.29, 0.717) is 42.9 Å². The average molecular weight is 357 g/mol. The van der Waals surface area contributed by atoms with Gasteiger partial charge < -0.3 is 15.2 Å². The SMILES string of the molecule is O=C(O)CCCOc1ccc(NC(=O)C2(c3ccccc3F)CC2)cc1. The van der Waals surface area contributed by atoms with Crippen LogP contribution in [0.4, 0.5) is 10.1 Å². The Balaban J connectivity index is 1.58. The normalized spacial score (nSPS) is 14.5. The molecule has 2 aromatic carbocycles. The molecule has 1 aliphatic carbocycles. The molecule has 1 fully saturated rings. The summed E-state index contributed by atoms with van der Waals surface area (Å²) in [6, 6.07) is 13.2. The molecule has 1 aliphatic rings. The molecule has 0 heterocycles. The van der Waals surface area contributed by atoms with E-state index in [0.717, 1.165) is 0 Å². The summed E-state index contributed by atoms with van der Waals surface area (Å²) in [4.78, 5) is 23.1. The lowest BCUT2D eigenvalue weighted by Crippen LogP contribution is -2.28. The first kappa shape index (κ1) is 17.9. The molecular weight excluding hydrogens is 337 g/mol. The number of hydrogen-bond donors (Lipinski definition) is 2. The molecular formula is C20H20FNO4. The summed E-state index contributed by atoms with van der Waals surface area (Å²) in [7, 11) is 0. The van der Waals surface area contributed by atoms with Crippen LogP contribution in [-0.4, -0.2) is 23.6 Å². The zero-order chi connectivity index (χ0) is 18.6. The quantitative estimate of drug-likeness (QED) is 0.706. The Hall–Kier alpha value is -2.89. The number of ether oxygens (including phenoxy) is 1. The van der Waals surface area contributed by atoms with Gasteiger partial charge in [0.15, 0.2) is 0 Å². The molecule has 136 valence electrons. The third-order valence-corrected chi connectivity index (χ3v) is 4.49. The standard InChI is InChI=1S/C20H20FNO4/c21-17-5-2-1-4-16(17)20(11-12-20)19(25)22-14-7-9-15(10-8-14)26-13-3-6-18(23)24/h1-2,4-5,7-10H,3,6,11-13H2,(H,22,25)(H,23,24). The number of carbonyl (C=O) groups is 2. The number of carboxylic acid groups (broad SMARTS) is 1. The minimum atomic E-state index is -0.851. The van der Waals surface area contributed by atoms with E-state index in [9.17, 15) is 14.0 Å². The summed E-state index contributed by atoms with van der Waals surface area (Å²) >= 11 is 0. The van der Waals surface area contributed by atoms with Crippen molar-refractivity contribution in [1.29, 1.82) is 0 Å². The van der Waals surface area contributed by atoms with E-state index in [4.69, 9.17) is 9.84 Å². The second-order valence-electron chi connectivity index (χ2n) is 6.39. The molecule has 3 rings (SSSR count). The number of carboxylic acids is 1. The van der Waals surface area contributed by atoms with E-state index in [1.807, 2.05) is 0 Å². The van der Waals surface area contributed by atoms with Crippen LogP contribution >= 0.6 is 0 Å². The Bertz CT molecular complexity index is 800. The highest BCUT2D eigenvalue weighted by Gasteiger charge is 2.52. The number of nitrogens with one attached hydrogen (secondary N) is 1. The third kappa shape index (κ3) is 4.02. The molecule has 0 spiro atoms. The predicted molar refractivity (Wildman–Crippen MR) is 94.7 cm³/mol. The van der Waals surface area contributed by atoms with Gasteiger partial charge in [-0.25, -0.2) is 4.39 Å². The summed E-state index contributed by atoms with van der Waals surface area (Å²) in [6.45, 7) is 0.314. The van der Waals surface area contributed by atoms with E-state index in [-0.39, 0.29) is 18.1 Å². The lowest BCUT2D eigenvalue weighted by molar-refractivity contribution is -0.137. The van der Waals surface area contributed by atoms with Gasteiger partial charge in [-0.3, -0.25) is 9.59 Å². The fraction of sp³-hybridized carbons (Fsp3) is 0.300. The Morgan fingerprint density at radius 1 is 1.12 bits per heavy atom. The Kier molecular flexibility index (Phi) is 5.21. The Morgan fingerprint density at radius 2 is 1.81 bits per heavy atom. The maximum absolute atomic E-state index is 14.0. The van der Waals surface area contributed by atoms with Gasteiger partial charge in [0.05, 0.1) is 12.0 Å². The molecule has 2 N–H and O–H groups in total. The van der Waals surface area contributed by atoms with Gasteiger partial charge >= 0.3 is 5.97 Å². The number of halogens is 1. The number of hydrogen-bond acceptors (Lipinski definition) is 3. The zero-order valence-electron chi connectivity index (χ0n) is 14.2. The number of anilines is 1. The summed E-state index contributed by atoms with van der Waals surface area (Å²) in [5, 5.41) is 11.4. The number of carbonyl (C=O) groups excluding carboxylic acids is 1. The maximum Gasteiger partial charge on any atom is 0.303 e. The van der Waals surface area contributed by atoms with Crippen molar-refractivity contribution in [2.24, 2.45) is 0 Å². The topological polar surface area (TPSA) is 75.6 Å². The Morgan fingerprint density at radius 3 is 2.42 bits per heavy atom. The molecule has 1 saturated carbocycles. The van der Waals surface area contributed by atoms with Crippen LogP contribution in [-0.2, 0) is 15.0 Å². The second-order valence-corrected chi connectivity index (χ2v) is 6.39. The van der Waals surface area contributed by atoms with Gasteiger partial charge in [0.1, 0.15) is 11.6 Å². The number of amides is 1. The van der Waals surface area contributed by atoms with Crippen LogP contribution in [0.15, 0.2) is 48.5 Å². The molecule has 0 atom stereocenters. The molecule has 0 saturated heterocycles. The number of benzene rings is 2. The molecule has 0 aromatic heterocycles. The van der Waals surface area contributed by atoms with Crippen LogP contribution < -0.4 is 10.1 Å². The zero-order valence-corrected chi connectivity index (χ0v) is 14.2. The molecule has 0 unspecified atom stereocenters. The first-order valence-electron chi connectivity index (χ1n) is 8.52. The highest BCUT2D eigenvalue weighted by Crippen LogP contribution is 2.49. The van der Waals surface area contributed by atoms with Gasteiger partial charge in [-0.15, -0.1) is 0 Å². The van der Waals surface area contributed by atoms with Crippen molar-refractivity contribution in [1.82, 2.24) is 0 Å². The van der Waals surface area contributed by atoms with Crippen LogP contribution in [0, 0.1) is 5.82 Å². The number of aliphatic carboxylic acids is 1. The molecule has 6 heteroatoms. The fourth-order valence-corrected chi connectivity index (χ4v) is 2.89. The number of rotatable bonds is 8. The van der Waals surface area contributed by atoms with Crippen molar-refractivity contribution in [3.63, 3.8) is 0 Å². The van der Waals surface area contributed by atoms with E-state index in [1.54, 1.807) is 42.5 Å². The molecule has 5 nitrogen and oxygen atoms in total. The molecule has 0 bridgehead atoms. The van der Waals surface area contributed by atoms with Crippen LogP contribution in [0.3, 0.4) is 0 Å². The molecule has 0 radical (unpaired) electrons. The minimum absolute atomic E-state index is 0.0618. The van der Waals surface area contributed by atoms with Crippen LogP contribution in [0.2, 0.25) is 0 Å². The molecule has 26 heavy (non-hydrogen) atoms. The van der Waals surface area contributed by atoms with Gasteiger partial charge in [-0.05, 0) is 49.6 Å². The summed E-state index contributed by atoms with van der Waals surface area (Å²) in [5.41, 5.74) is 0.267. The van der Waals surface area contributed by atoms with E-state index >= 15 is 0 Å². The largest absolute Gasteiger partial charge is 0.494 e.